The number of benzene rings is 1. The standard InChI is InChI=1S/C20H20N2O3S2/c1-3-25-13-9-7-12(8-10-13)15(23)11-26-20-21-18-17(19(24)22(20)2)14-5-4-6-16(14)27-18/h7-10H,3-6,11H2,1-2H3. The lowest BCUT2D eigenvalue weighted by Gasteiger charge is -2.08. The summed E-state index contributed by atoms with van der Waals surface area (Å²) in [5.74, 6) is 0.998. The Morgan fingerprint density at radius 2 is 2.07 bits per heavy atom. The fourth-order valence-corrected chi connectivity index (χ4v) is 5.52. The minimum atomic E-state index is -0.00424. The van der Waals surface area contributed by atoms with Crippen LogP contribution in [-0.2, 0) is 19.9 Å². The second kappa shape index (κ2) is 7.48. The van der Waals surface area contributed by atoms with E-state index in [1.54, 1.807) is 47.2 Å². The maximum absolute atomic E-state index is 12.8. The highest BCUT2D eigenvalue weighted by molar-refractivity contribution is 7.99. The number of rotatable bonds is 6. The first-order chi connectivity index (χ1) is 13.1. The van der Waals surface area contributed by atoms with Gasteiger partial charge in [0.15, 0.2) is 10.9 Å². The molecule has 2 aromatic heterocycles. The smallest absolute Gasteiger partial charge is 0.262 e. The number of aryl methyl sites for hydroxylation is 2. The third-order valence-corrected chi connectivity index (χ3v) is 6.94. The number of hydrogen-bond acceptors (Lipinski definition) is 6. The van der Waals surface area contributed by atoms with Crippen LogP contribution in [-0.4, -0.2) is 27.7 Å². The molecular formula is C20H20N2O3S2. The molecule has 0 atom stereocenters. The van der Waals surface area contributed by atoms with Gasteiger partial charge in [-0.1, -0.05) is 11.8 Å². The Balaban J connectivity index is 1.54. The summed E-state index contributed by atoms with van der Waals surface area (Å²) >= 11 is 2.94. The van der Waals surface area contributed by atoms with Gasteiger partial charge in [0.2, 0.25) is 0 Å². The van der Waals surface area contributed by atoms with E-state index in [2.05, 4.69) is 4.98 Å². The van der Waals surface area contributed by atoms with E-state index in [0.29, 0.717) is 17.3 Å². The Morgan fingerprint density at radius 1 is 1.30 bits per heavy atom. The van der Waals surface area contributed by atoms with Gasteiger partial charge in [0.05, 0.1) is 17.7 Å². The molecule has 0 N–H and O–H groups in total. The number of Topliss-reactive ketones (excluding diaryl/α,β-unsaturated/α-hetero) is 1. The van der Waals surface area contributed by atoms with E-state index in [-0.39, 0.29) is 17.1 Å². The van der Waals surface area contributed by atoms with Gasteiger partial charge in [0, 0.05) is 17.5 Å². The van der Waals surface area contributed by atoms with E-state index >= 15 is 0 Å². The Kier molecular flexibility index (Phi) is 5.06. The van der Waals surface area contributed by atoms with Gasteiger partial charge in [-0.25, -0.2) is 4.98 Å². The molecule has 0 aliphatic heterocycles. The van der Waals surface area contributed by atoms with Crippen molar-refractivity contribution in [2.45, 2.75) is 31.3 Å². The minimum absolute atomic E-state index is 0.00424. The van der Waals surface area contributed by atoms with Crippen LogP contribution in [0.25, 0.3) is 10.2 Å². The van der Waals surface area contributed by atoms with Gasteiger partial charge in [-0.15, -0.1) is 11.3 Å². The molecule has 0 spiro atoms. The first-order valence-electron chi connectivity index (χ1n) is 8.98. The fourth-order valence-electron chi connectivity index (χ4n) is 3.35. The number of carbonyl (C=O) groups excluding carboxylic acids is 1. The summed E-state index contributed by atoms with van der Waals surface area (Å²) < 4.78 is 6.98. The van der Waals surface area contributed by atoms with Crippen LogP contribution in [0.5, 0.6) is 5.75 Å². The molecule has 0 amide bonds. The van der Waals surface area contributed by atoms with Gasteiger partial charge in [-0.05, 0) is 56.0 Å². The molecule has 7 heteroatoms. The van der Waals surface area contributed by atoms with E-state index in [9.17, 15) is 9.59 Å². The maximum atomic E-state index is 12.8. The van der Waals surface area contributed by atoms with E-state index in [4.69, 9.17) is 4.74 Å². The highest BCUT2D eigenvalue weighted by atomic mass is 32.2. The summed E-state index contributed by atoms with van der Waals surface area (Å²) in [7, 11) is 1.73. The van der Waals surface area contributed by atoms with Crippen molar-refractivity contribution in [3.05, 3.63) is 50.6 Å². The van der Waals surface area contributed by atoms with Gasteiger partial charge in [0.1, 0.15) is 10.6 Å². The summed E-state index contributed by atoms with van der Waals surface area (Å²) in [6.07, 6.45) is 3.13. The Morgan fingerprint density at radius 3 is 2.81 bits per heavy atom. The van der Waals surface area contributed by atoms with Crippen molar-refractivity contribution in [2.24, 2.45) is 7.05 Å². The summed E-state index contributed by atoms with van der Waals surface area (Å²) in [6.45, 7) is 2.52. The molecule has 4 rings (SSSR count). The number of carbonyl (C=O) groups is 1. The van der Waals surface area contributed by atoms with Crippen LogP contribution >= 0.6 is 23.1 Å². The van der Waals surface area contributed by atoms with Crippen molar-refractivity contribution < 1.29 is 9.53 Å². The minimum Gasteiger partial charge on any atom is -0.494 e. The summed E-state index contributed by atoms with van der Waals surface area (Å²) in [5, 5.41) is 1.36. The van der Waals surface area contributed by atoms with Gasteiger partial charge in [-0.2, -0.15) is 0 Å². The molecule has 27 heavy (non-hydrogen) atoms. The predicted octanol–water partition coefficient (Wildman–Crippen LogP) is 3.86. The van der Waals surface area contributed by atoms with E-state index in [0.717, 1.165) is 35.2 Å². The number of thioether (sulfide) groups is 1. The highest BCUT2D eigenvalue weighted by Crippen LogP contribution is 2.35. The first kappa shape index (κ1) is 18.3. The number of thiophene rings is 1. The fraction of sp³-hybridized carbons (Fsp3) is 0.350. The molecule has 1 aliphatic rings. The molecule has 0 bridgehead atoms. The Labute approximate surface area is 165 Å². The highest BCUT2D eigenvalue weighted by Gasteiger charge is 2.22. The van der Waals surface area contributed by atoms with Gasteiger partial charge >= 0.3 is 0 Å². The summed E-state index contributed by atoms with van der Waals surface area (Å²) in [6, 6.07) is 7.14. The molecule has 0 saturated heterocycles. The van der Waals surface area contributed by atoms with E-state index in [1.807, 2.05) is 6.92 Å². The second-order valence-corrected chi connectivity index (χ2v) is 8.49. The van der Waals surface area contributed by atoms with Crippen molar-refractivity contribution in [1.29, 1.82) is 0 Å². The zero-order chi connectivity index (χ0) is 19.0. The lowest BCUT2D eigenvalue weighted by Crippen LogP contribution is -2.20. The second-order valence-electron chi connectivity index (χ2n) is 6.47. The van der Waals surface area contributed by atoms with Crippen molar-refractivity contribution in [3.63, 3.8) is 0 Å². The SMILES string of the molecule is CCOc1ccc(C(=O)CSc2nc3sc4c(c3c(=O)n2C)CCC4)cc1. The summed E-state index contributed by atoms with van der Waals surface area (Å²) in [4.78, 5) is 32.1. The van der Waals surface area contributed by atoms with Crippen LogP contribution < -0.4 is 10.3 Å². The molecule has 1 aromatic carbocycles. The van der Waals surface area contributed by atoms with Crippen LogP contribution in [0.15, 0.2) is 34.2 Å². The average molecular weight is 401 g/mol. The van der Waals surface area contributed by atoms with Crippen molar-refractivity contribution in [2.75, 3.05) is 12.4 Å². The molecule has 0 unspecified atom stereocenters. The molecule has 0 fully saturated rings. The number of aromatic nitrogens is 2. The van der Waals surface area contributed by atoms with Gasteiger partial charge in [0.25, 0.3) is 5.56 Å². The molecule has 0 radical (unpaired) electrons. The van der Waals surface area contributed by atoms with Crippen molar-refractivity contribution in [1.82, 2.24) is 9.55 Å². The molecule has 5 nitrogen and oxygen atoms in total. The van der Waals surface area contributed by atoms with E-state index in [1.165, 1.54) is 22.2 Å². The third-order valence-electron chi connectivity index (χ3n) is 4.72. The molecule has 2 heterocycles. The van der Waals surface area contributed by atoms with Crippen molar-refractivity contribution >= 4 is 39.1 Å². The number of ketones is 1. The third kappa shape index (κ3) is 3.41. The zero-order valence-electron chi connectivity index (χ0n) is 15.3. The molecule has 1 aliphatic carbocycles. The Bertz CT molecular complexity index is 1070. The van der Waals surface area contributed by atoms with Gasteiger partial charge in [-0.3, -0.25) is 14.2 Å². The van der Waals surface area contributed by atoms with Crippen molar-refractivity contribution in [3.8, 4) is 5.75 Å². The van der Waals surface area contributed by atoms with Crippen LogP contribution in [0.1, 0.15) is 34.1 Å². The molecule has 140 valence electrons. The predicted molar refractivity (Wildman–Crippen MR) is 110 cm³/mol. The molecule has 3 aromatic rings. The lowest BCUT2D eigenvalue weighted by atomic mass is 10.1. The van der Waals surface area contributed by atoms with Crippen LogP contribution in [0.3, 0.4) is 0 Å². The normalized spacial score (nSPS) is 13.1. The van der Waals surface area contributed by atoms with E-state index < -0.39 is 0 Å². The number of hydrogen-bond donors (Lipinski definition) is 0. The monoisotopic (exact) mass is 400 g/mol. The van der Waals surface area contributed by atoms with Gasteiger partial charge < -0.3 is 4.74 Å². The Hall–Kier alpha value is -2.12. The van der Waals surface area contributed by atoms with Crippen LogP contribution in [0.4, 0.5) is 0 Å². The topological polar surface area (TPSA) is 61.2 Å². The average Bonchev–Trinajstić information content (AvgIpc) is 3.25. The molecule has 0 saturated carbocycles. The first-order valence-corrected chi connectivity index (χ1v) is 10.8. The number of nitrogens with zero attached hydrogens (tertiary/aromatic N) is 2. The van der Waals surface area contributed by atoms with Crippen LogP contribution in [0.2, 0.25) is 0 Å². The zero-order valence-corrected chi connectivity index (χ0v) is 16.9. The summed E-state index contributed by atoms with van der Waals surface area (Å²) in [5.41, 5.74) is 1.81. The largest absolute Gasteiger partial charge is 0.494 e. The maximum Gasteiger partial charge on any atom is 0.262 e. The lowest BCUT2D eigenvalue weighted by molar-refractivity contribution is 0.102. The quantitative estimate of drug-likeness (QED) is 0.357. The number of ether oxygens (including phenoxy) is 1. The van der Waals surface area contributed by atoms with Crippen LogP contribution in [0, 0.1) is 0 Å². The molecular weight excluding hydrogens is 380 g/mol. The number of fused-ring (bicyclic) bond motifs is 3.